The summed E-state index contributed by atoms with van der Waals surface area (Å²) in [4.78, 5) is 0. The molecule has 0 spiro atoms. The summed E-state index contributed by atoms with van der Waals surface area (Å²) in [6.07, 6.45) is 2.12. The molecule has 3 rings (SSSR count). The molecule has 110 valence electrons. The third-order valence-electron chi connectivity index (χ3n) is 3.83. The number of aromatic hydroxyl groups is 1. The van der Waals surface area contributed by atoms with Crippen LogP contribution in [0.3, 0.4) is 0 Å². The van der Waals surface area contributed by atoms with Crippen LogP contribution in [-0.2, 0) is 0 Å². The van der Waals surface area contributed by atoms with Crippen molar-refractivity contribution in [1.29, 1.82) is 0 Å². The summed E-state index contributed by atoms with van der Waals surface area (Å²) in [5.74, 6) is 0.859. The Morgan fingerprint density at radius 2 is 1.67 bits per heavy atom. The summed E-state index contributed by atoms with van der Waals surface area (Å²) in [5.41, 5.74) is 4.79. The van der Waals surface area contributed by atoms with Gasteiger partial charge in [0.25, 0.3) is 0 Å². The number of hydrogen-bond acceptors (Lipinski definition) is 1. The van der Waals surface area contributed by atoms with Gasteiger partial charge in [-0.2, -0.15) is 0 Å². The number of aromatic nitrogens is 1. The molecule has 0 bridgehead atoms. The highest BCUT2D eigenvalue weighted by molar-refractivity contribution is 5.86. The lowest BCUT2D eigenvalue weighted by Gasteiger charge is -2.09. The molecule has 0 radical (unpaired) electrons. The lowest BCUT2D eigenvalue weighted by atomic mass is 10.0. The minimum atomic E-state index is 0. The van der Waals surface area contributed by atoms with Crippen LogP contribution in [0.4, 0.5) is 0 Å². The second kappa shape index (κ2) is 5.82. The van der Waals surface area contributed by atoms with Gasteiger partial charge in [0.05, 0.1) is 5.52 Å². The first-order valence-electron chi connectivity index (χ1n) is 6.97. The van der Waals surface area contributed by atoms with Crippen molar-refractivity contribution in [1.82, 2.24) is 4.57 Å². The Labute approximate surface area is 131 Å². The fraction of sp³-hybridized carbons (Fsp3) is 0.222. The van der Waals surface area contributed by atoms with Gasteiger partial charge < -0.3 is 9.67 Å². The number of phenols is 1. The lowest BCUT2D eigenvalue weighted by molar-refractivity contribution is 0.476. The Morgan fingerprint density at radius 3 is 2.29 bits per heavy atom. The van der Waals surface area contributed by atoms with Crippen LogP contribution >= 0.6 is 12.4 Å². The summed E-state index contributed by atoms with van der Waals surface area (Å²) in [5, 5.41) is 10.7. The van der Waals surface area contributed by atoms with Crippen molar-refractivity contribution in [3.63, 3.8) is 0 Å². The first-order valence-corrected chi connectivity index (χ1v) is 6.97. The van der Waals surface area contributed by atoms with E-state index in [1.807, 2.05) is 12.1 Å². The Kier molecular flexibility index (Phi) is 4.29. The molecular formula is C18H20ClNO. The Bertz CT molecular complexity index is 757. The molecule has 0 aliphatic carbocycles. The molecule has 0 saturated heterocycles. The number of fused-ring (bicyclic) bond motifs is 1. The fourth-order valence-electron chi connectivity index (χ4n) is 2.62. The maximum Gasteiger partial charge on any atom is 0.116 e. The molecule has 2 nitrogen and oxygen atoms in total. The number of rotatable bonds is 2. The molecule has 1 N–H and O–H groups in total. The number of phenolic OH excluding ortho intramolecular Hbond substituents is 1. The van der Waals surface area contributed by atoms with E-state index in [1.165, 1.54) is 11.1 Å². The molecule has 0 saturated carbocycles. The van der Waals surface area contributed by atoms with E-state index >= 15 is 0 Å². The van der Waals surface area contributed by atoms with Crippen LogP contribution < -0.4 is 0 Å². The maximum atomic E-state index is 9.62. The minimum absolute atomic E-state index is 0. The molecule has 21 heavy (non-hydrogen) atoms. The van der Waals surface area contributed by atoms with Gasteiger partial charge in [0, 0.05) is 17.3 Å². The van der Waals surface area contributed by atoms with Crippen molar-refractivity contribution < 1.29 is 5.11 Å². The van der Waals surface area contributed by atoms with E-state index in [0.717, 1.165) is 16.6 Å². The summed E-state index contributed by atoms with van der Waals surface area (Å²) >= 11 is 0. The van der Waals surface area contributed by atoms with Gasteiger partial charge in [0.1, 0.15) is 5.75 Å². The van der Waals surface area contributed by atoms with Crippen molar-refractivity contribution in [2.45, 2.75) is 26.7 Å². The minimum Gasteiger partial charge on any atom is -0.508 e. The lowest BCUT2D eigenvalue weighted by Crippen LogP contribution is -1.93. The molecule has 1 aromatic heterocycles. The number of hydrogen-bond donors (Lipinski definition) is 1. The zero-order valence-electron chi connectivity index (χ0n) is 12.5. The van der Waals surface area contributed by atoms with Gasteiger partial charge >= 0.3 is 0 Å². The van der Waals surface area contributed by atoms with Crippen LogP contribution in [0.25, 0.3) is 16.6 Å². The average molecular weight is 302 g/mol. The first-order chi connectivity index (χ1) is 9.56. The Balaban J connectivity index is 0.00000161. The van der Waals surface area contributed by atoms with Crippen molar-refractivity contribution in [2.75, 3.05) is 0 Å². The molecular weight excluding hydrogens is 282 g/mol. The molecule has 0 unspecified atom stereocenters. The molecule has 0 atom stereocenters. The molecule has 0 amide bonds. The van der Waals surface area contributed by atoms with E-state index in [1.54, 1.807) is 6.07 Å². The van der Waals surface area contributed by atoms with E-state index in [4.69, 9.17) is 0 Å². The van der Waals surface area contributed by atoms with Gasteiger partial charge in [-0.3, -0.25) is 0 Å². The van der Waals surface area contributed by atoms with Gasteiger partial charge in [-0.15, -0.1) is 12.4 Å². The van der Waals surface area contributed by atoms with Gasteiger partial charge in [0.15, 0.2) is 0 Å². The first kappa shape index (κ1) is 15.5. The number of halogens is 1. The van der Waals surface area contributed by atoms with Crippen LogP contribution in [0.5, 0.6) is 5.75 Å². The van der Waals surface area contributed by atoms with E-state index in [0.29, 0.717) is 11.7 Å². The molecule has 2 aromatic carbocycles. The SMILES string of the molecule is Cc1cn(-c2ccc(C(C)C)cc2)c2ccc(O)cc12.Cl. The van der Waals surface area contributed by atoms with Crippen molar-refractivity contribution >= 4 is 23.3 Å². The second-order valence-corrected chi connectivity index (χ2v) is 5.63. The maximum absolute atomic E-state index is 9.62. The van der Waals surface area contributed by atoms with Gasteiger partial charge in [-0.1, -0.05) is 26.0 Å². The molecule has 1 heterocycles. The van der Waals surface area contributed by atoms with Crippen molar-refractivity contribution in [3.05, 3.63) is 59.8 Å². The number of benzene rings is 2. The normalized spacial score (nSPS) is 10.9. The molecule has 0 aliphatic rings. The highest BCUT2D eigenvalue weighted by atomic mass is 35.5. The molecule has 0 fully saturated rings. The topological polar surface area (TPSA) is 25.2 Å². The second-order valence-electron chi connectivity index (χ2n) is 5.63. The summed E-state index contributed by atoms with van der Waals surface area (Å²) in [6, 6.07) is 14.2. The summed E-state index contributed by atoms with van der Waals surface area (Å²) in [7, 11) is 0. The number of nitrogens with zero attached hydrogens (tertiary/aromatic N) is 1. The predicted molar refractivity (Wildman–Crippen MR) is 91.0 cm³/mol. The summed E-state index contributed by atoms with van der Waals surface area (Å²) < 4.78 is 2.17. The monoisotopic (exact) mass is 301 g/mol. The Hall–Kier alpha value is -1.93. The van der Waals surface area contributed by atoms with E-state index in [9.17, 15) is 5.11 Å². The van der Waals surface area contributed by atoms with E-state index in [-0.39, 0.29) is 12.4 Å². The summed E-state index contributed by atoms with van der Waals surface area (Å²) in [6.45, 7) is 6.47. The average Bonchev–Trinajstić information content (AvgIpc) is 2.76. The Morgan fingerprint density at radius 1 is 1.00 bits per heavy atom. The van der Waals surface area contributed by atoms with Crippen LogP contribution in [0.2, 0.25) is 0 Å². The van der Waals surface area contributed by atoms with E-state index in [2.05, 4.69) is 55.8 Å². The third-order valence-corrected chi connectivity index (χ3v) is 3.83. The standard InChI is InChI=1S/C18H19NO.ClH/c1-12(2)14-4-6-15(7-5-14)19-11-13(3)17-10-16(20)8-9-18(17)19;/h4-12,20H,1-3H3;1H. The highest BCUT2D eigenvalue weighted by Gasteiger charge is 2.08. The van der Waals surface area contributed by atoms with Crippen LogP contribution in [0.1, 0.15) is 30.9 Å². The van der Waals surface area contributed by atoms with E-state index < -0.39 is 0 Å². The van der Waals surface area contributed by atoms with Crippen LogP contribution in [0, 0.1) is 6.92 Å². The molecule has 3 aromatic rings. The van der Waals surface area contributed by atoms with Gasteiger partial charge in [0.2, 0.25) is 0 Å². The fourth-order valence-corrected chi connectivity index (χ4v) is 2.62. The molecule has 0 aliphatic heterocycles. The van der Waals surface area contributed by atoms with Crippen LogP contribution in [0.15, 0.2) is 48.7 Å². The molecule has 3 heteroatoms. The predicted octanol–water partition coefficient (Wildman–Crippen LogP) is 5.19. The van der Waals surface area contributed by atoms with Gasteiger partial charge in [-0.25, -0.2) is 0 Å². The van der Waals surface area contributed by atoms with Crippen molar-refractivity contribution in [2.24, 2.45) is 0 Å². The van der Waals surface area contributed by atoms with Crippen molar-refractivity contribution in [3.8, 4) is 11.4 Å². The smallest absolute Gasteiger partial charge is 0.116 e. The third kappa shape index (κ3) is 2.77. The van der Waals surface area contributed by atoms with Crippen LogP contribution in [-0.4, -0.2) is 9.67 Å². The largest absolute Gasteiger partial charge is 0.508 e. The highest BCUT2D eigenvalue weighted by Crippen LogP contribution is 2.28. The van der Waals surface area contributed by atoms with Gasteiger partial charge in [-0.05, 0) is 54.3 Å². The number of aryl methyl sites for hydroxylation is 1. The zero-order chi connectivity index (χ0) is 14.3. The zero-order valence-corrected chi connectivity index (χ0v) is 13.3. The quantitative estimate of drug-likeness (QED) is 0.692.